The maximum Gasteiger partial charge on any atom is 0.128 e. The molecule has 1 aromatic heterocycles. The van der Waals surface area contributed by atoms with Crippen LogP contribution in [0.5, 0.6) is 0 Å². The molecule has 0 amide bonds. The van der Waals surface area contributed by atoms with Crippen LogP contribution in [0.3, 0.4) is 0 Å². The summed E-state index contributed by atoms with van der Waals surface area (Å²) < 4.78 is 14.1. The Balaban J connectivity index is 1.97. The molecule has 0 saturated heterocycles. The lowest BCUT2D eigenvalue weighted by Crippen LogP contribution is -2.21. The van der Waals surface area contributed by atoms with Crippen molar-refractivity contribution < 1.29 is 9.50 Å². The van der Waals surface area contributed by atoms with Gasteiger partial charge in [0.25, 0.3) is 0 Å². The number of hydrogen-bond donors (Lipinski definition) is 2. The van der Waals surface area contributed by atoms with Gasteiger partial charge in [0.15, 0.2) is 0 Å². The van der Waals surface area contributed by atoms with E-state index in [1.54, 1.807) is 18.5 Å². The van der Waals surface area contributed by atoms with E-state index in [4.69, 9.17) is 5.11 Å². The highest BCUT2D eigenvalue weighted by Gasteiger charge is 2.06. The average molecular weight is 288 g/mol. The highest BCUT2D eigenvalue weighted by molar-refractivity contribution is 5.63. The molecule has 0 bridgehead atoms. The van der Waals surface area contributed by atoms with Gasteiger partial charge in [-0.05, 0) is 48.2 Å². The van der Waals surface area contributed by atoms with Crippen LogP contribution in [0.1, 0.15) is 18.9 Å². The molecule has 21 heavy (non-hydrogen) atoms. The molecule has 2 N–H and O–H groups in total. The third-order valence-electron chi connectivity index (χ3n) is 3.50. The summed E-state index contributed by atoms with van der Waals surface area (Å²) in [5, 5.41) is 12.1. The van der Waals surface area contributed by atoms with Crippen LogP contribution < -0.4 is 5.32 Å². The summed E-state index contributed by atoms with van der Waals surface area (Å²) in [4.78, 5) is 3.96. The molecule has 1 atom stereocenters. The standard InChI is InChI=1S/C17H21FN2O/c1-13(6-9-21)11-20-12-16-3-2-15(10-17(16)18)14-4-7-19-8-5-14/h2-5,7-8,10,13,20-21H,6,9,11-12H2,1H3. The molecule has 0 aliphatic heterocycles. The molecule has 0 radical (unpaired) electrons. The smallest absolute Gasteiger partial charge is 0.128 e. The number of rotatable bonds is 7. The van der Waals surface area contributed by atoms with E-state index < -0.39 is 0 Å². The maximum atomic E-state index is 14.1. The molecule has 0 aliphatic carbocycles. The largest absolute Gasteiger partial charge is 0.396 e. The van der Waals surface area contributed by atoms with Gasteiger partial charge in [-0.15, -0.1) is 0 Å². The molecule has 112 valence electrons. The highest BCUT2D eigenvalue weighted by Crippen LogP contribution is 2.21. The van der Waals surface area contributed by atoms with Gasteiger partial charge >= 0.3 is 0 Å². The zero-order valence-corrected chi connectivity index (χ0v) is 12.2. The zero-order valence-electron chi connectivity index (χ0n) is 12.2. The molecule has 0 aliphatic rings. The van der Waals surface area contributed by atoms with Gasteiger partial charge in [-0.1, -0.05) is 19.1 Å². The summed E-state index contributed by atoms with van der Waals surface area (Å²) >= 11 is 0. The van der Waals surface area contributed by atoms with Gasteiger partial charge in [0.2, 0.25) is 0 Å². The average Bonchev–Trinajstić information content (AvgIpc) is 2.50. The van der Waals surface area contributed by atoms with Crippen molar-refractivity contribution >= 4 is 0 Å². The monoisotopic (exact) mass is 288 g/mol. The number of hydrogen-bond acceptors (Lipinski definition) is 3. The first kappa shape index (κ1) is 15.6. The summed E-state index contributed by atoms with van der Waals surface area (Å²) in [5.74, 6) is 0.181. The van der Waals surface area contributed by atoms with Crippen LogP contribution in [-0.2, 0) is 6.54 Å². The minimum atomic E-state index is -0.202. The first-order valence-electron chi connectivity index (χ1n) is 7.21. The van der Waals surface area contributed by atoms with Crippen molar-refractivity contribution in [3.8, 4) is 11.1 Å². The molecule has 0 fully saturated rings. The summed E-state index contributed by atoms with van der Waals surface area (Å²) in [5.41, 5.74) is 2.47. The fourth-order valence-electron chi connectivity index (χ4n) is 2.19. The van der Waals surface area contributed by atoms with Gasteiger partial charge in [-0.3, -0.25) is 4.98 Å². The van der Waals surface area contributed by atoms with Crippen LogP contribution in [0.15, 0.2) is 42.7 Å². The topological polar surface area (TPSA) is 45.1 Å². The molecule has 3 nitrogen and oxygen atoms in total. The third kappa shape index (κ3) is 4.62. The number of nitrogens with one attached hydrogen (secondary N) is 1. The van der Waals surface area contributed by atoms with Crippen molar-refractivity contribution in [2.24, 2.45) is 5.92 Å². The van der Waals surface area contributed by atoms with Gasteiger partial charge in [-0.25, -0.2) is 4.39 Å². The maximum absolute atomic E-state index is 14.1. The van der Waals surface area contributed by atoms with E-state index in [-0.39, 0.29) is 12.4 Å². The van der Waals surface area contributed by atoms with Crippen LogP contribution in [0.25, 0.3) is 11.1 Å². The molecule has 4 heteroatoms. The lowest BCUT2D eigenvalue weighted by Gasteiger charge is -2.12. The van der Waals surface area contributed by atoms with Crippen LogP contribution in [-0.4, -0.2) is 23.2 Å². The van der Waals surface area contributed by atoms with Crippen molar-refractivity contribution in [3.63, 3.8) is 0 Å². The first-order valence-corrected chi connectivity index (χ1v) is 7.21. The quantitative estimate of drug-likeness (QED) is 0.823. The van der Waals surface area contributed by atoms with Crippen molar-refractivity contribution in [3.05, 3.63) is 54.1 Å². The van der Waals surface area contributed by atoms with E-state index in [1.807, 2.05) is 24.3 Å². The zero-order chi connectivity index (χ0) is 15.1. The second-order valence-electron chi connectivity index (χ2n) is 5.29. The molecule has 0 saturated carbocycles. The highest BCUT2D eigenvalue weighted by atomic mass is 19.1. The van der Waals surface area contributed by atoms with Gasteiger partial charge in [0.1, 0.15) is 5.82 Å². The normalized spacial score (nSPS) is 12.3. The SMILES string of the molecule is CC(CCO)CNCc1ccc(-c2ccncc2)cc1F. The van der Waals surface area contributed by atoms with Gasteiger partial charge < -0.3 is 10.4 Å². The Morgan fingerprint density at radius 3 is 2.62 bits per heavy atom. The summed E-state index contributed by atoms with van der Waals surface area (Å²) in [6.07, 6.45) is 4.16. The van der Waals surface area contributed by atoms with Crippen molar-refractivity contribution in [2.45, 2.75) is 19.9 Å². The Bertz CT molecular complexity index is 560. The number of halogens is 1. The van der Waals surface area contributed by atoms with Gasteiger partial charge in [0, 0.05) is 31.1 Å². The molecule has 2 aromatic rings. The molecule has 1 aromatic carbocycles. The van der Waals surface area contributed by atoms with Gasteiger partial charge in [-0.2, -0.15) is 0 Å². The van der Waals surface area contributed by atoms with E-state index in [0.717, 1.165) is 24.1 Å². The van der Waals surface area contributed by atoms with E-state index in [0.29, 0.717) is 18.0 Å². The number of aromatic nitrogens is 1. The number of pyridine rings is 1. The fourth-order valence-corrected chi connectivity index (χ4v) is 2.19. The summed E-state index contributed by atoms with van der Waals surface area (Å²) in [7, 11) is 0. The number of aliphatic hydroxyl groups excluding tert-OH is 1. The van der Waals surface area contributed by atoms with Crippen LogP contribution >= 0.6 is 0 Å². The Morgan fingerprint density at radius 2 is 1.95 bits per heavy atom. The molecule has 1 unspecified atom stereocenters. The summed E-state index contributed by atoms with van der Waals surface area (Å²) in [6, 6.07) is 9.03. The number of benzene rings is 1. The van der Waals surface area contributed by atoms with E-state index >= 15 is 0 Å². The second kappa shape index (κ2) is 7.86. The minimum Gasteiger partial charge on any atom is -0.396 e. The predicted molar refractivity (Wildman–Crippen MR) is 82.2 cm³/mol. The molecule has 1 heterocycles. The first-order chi connectivity index (χ1) is 10.2. The second-order valence-corrected chi connectivity index (χ2v) is 5.29. The molecule has 0 spiro atoms. The minimum absolute atomic E-state index is 0.192. The Kier molecular flexibility index (Phi) is 5.84. The van der Waals surface area contributed by atoms with Crippen LogP contribution in [0, 0.1) is 11.7 Å². The Labute approximate surface area is 124 Å². The predicted octanol–water partition coefficient (Wildman–Crippen LogP) is 3.00. The number of aliphatic hydroxyl groups is 1. The van der Waals surface area contributed by atoms with E-state index in [2.05, 4.69) is 17.2 Å². The Hall–Kier alpha value is -1.78. The molecular weight excluding hydrogens is 267 g/mol. The fraction of sp³-hybridized carbons (Fsp3) is 0.353. The Morgan fingerprint density at radius 1 is 1.19 bits per heavy atom. The third-order valence-corrected chi connectivity index (χ3v) is 3.50. The lowest BCUT2D eigenvalue weighted by molar-refractivity contribution is 0.260. The van der Waals surface area contributed by atoms with Crippen LogP contribution in [0.4, 0.5) is 4.39 Å². The molecular formula is C17H21FN2O. The van der Waals surface area contributed by atoms with Crippen molar-refractivity contribution in [1.29, 1.82) is 0 Å². The summed E-state index contributed by atoms with van der Waals surface area (Å²) in [6.45, 7) is 3.52. The molecule has 2 rings (SSSR count). The van der Waals surface area contributed by atoms with Crippen molar-refractivity contribution in [1.82, 2.24) is 10.3 Å². The van der Waals surface area contributed by atoms with Gasteiger partial charge in [0.05, 0.1) is 0 Å². The van der Waals surface area contributed by atoms with E-state index in [9.17, 15) is 4.39 Å². The van der Waals surface area contributed by atoms with Crippen molar-refractivity contribution in [2.75, 3.05) is 13.2 Å². The lowest BCUT2D eigenvalue weighted by atomic mass is 10.0. The van der Waals surface area contributed by atoms with E-state index in [1.165, 1.54) is 0 Å². The van der Waals surface area contributed by atoms with Crippen LogP contribution in [0.2, 0.25) is 0 Å². The number of nitrogens with zero attached hydrogens (tertiary/aromatic N) is 1.